The highest BCUT2D eigenvalue weighted by Gasteiger charge is 2.56. The van der Waals surface area contributed by atoms with Crippen LogP contribution in [-0.2, 0) is 6.42 Å². The standard InChI is InChI=1S/C27H33NO2/c1-27-13-12-23-22-11-9-21(29)15-18(22)6-10-24(23)25(27)16-19(26(27)30)14-17-4-7-20(8-5-17)28(2)3/h4-5,7-9,11,14-15,23-26,29-30H,6,10,12-13,16H2,1-3H3. The second-order valence-corrected chi connectivity index (χ2v) is 10.2. The van der Waals surface area contributed by atoms with Gasteiger partial charge in [-0.3, -0.25) is 0 Å². The topological polar surface area (TPSA) is 43.7 Å². The second-order valence-electron chi connectivity index (χ2n) is 10.2. The maximum Gasteiger partial charge on any atom is 0.115 e. The number of anilines is 1. The average Bonchev–Trinajstić information content (AvgIpc) is 2.98. The van der Waals surface area contributed by atoms with E-state index in [2.05, 4.69) is 62.3 Å². The van der Waals surface area contributed by atoms with E-state index in [4.69, 9.17) is 0 Å². The van der Waals surface area contributed by atoms with Gasteiger partial charge in [-0.15, -0.1) is 0 Å². The quantitative estimate of drug-likeness (QED) is 0.709. The van der Waals surface area contributed by atoms with Crippen molar-refractivity contribution in [2.75, 3.05) is 19.0 Å². The molecule has 3 aliphatic rings. The fourth-order valence-corrected chi connectivity index (χ4v) is 6.65. The molecule has 3 nitrogen and oxygen atoms in total. The van der Waals surface area contributed by atoms with Crippen molar-refractivity contribution in [1.29, 1.82) is 0 Å². The van der Waals surface area contributed by atoms with Gasteiger partial charge in [0.1, 0.15) is 5.75 Å². The van der Waals surface area contributed by atoms with Gasteiger partial charge in [-0.1, -0.05) is 31.2 Å². The molecule has 0 saturated heterocycles. The molecule has 5 atom stereocenters. The fourth-order valence-electron chi connectivity index (χ4n) is 6.65. The number of aliphatic hydroxyl groups is 1. The minimum atomic E-state index is -0.349. The SMILES string of the molecule is CN(C)c1ccc(C=C2CC3C4CCc5cc(O)ccc5C4CCC3(C)C2O)cc1. The zero-order chi connectivity index (χ0) is 21.0. The fraction of sp³-hybridized carbons (Fsp3) is 0.481. The Labute approximate surface area is 180 Å². The van der Waals surface area contributed by atoms with Crippen LogP contribution in [-0.4, -0.2) is 30.4 Å². The van der Waals surface area contributed by atoms with Crippen molar-refractivity contribution in [2.45, 2.75) is 51.0 Å². The summed E-state index contributed by atoms with van der Waals surface area (Å²) in [6, 6.07) is 14.6. The number of rotatable bonds is 2. The number of aliphatic hydroxyl groups excluding tert-OH is 1. The summed E-state index contributed by atoms with van der Waals surface area (Å²) in [4.78, 5) is 2.11. The smallest absolute Gasteiger partial charge is 0.115 e. The molecule has 30 heavy (non-hydrogen) atoms. The van der Waals surface area contributed by atoms with Gasteiger partial charge in [0.15, 0.2) is 0 Å². The highest BCUT2D eigenvalue weighted by Crippen LogP contribution is 2.62. The Morgan fingerprint density at radius 3 is 2.57 bits per heavy atom. The number of aryl methyl sites for hydroxylation is 1. The van der Waals surface area contributed by atoms with Gasteiger partial charge in [0, 0.05) is 25.2 Å². The number of nitrogens with zero attached hydrogens (tertiary/aromatic N) is 1. The normalized spacial score (nSPS) is 33.7. The summed E-state index contributed by atoms with van der Waals surface area (Å²) in [7, 11) is 4.11. The van der Waals surface area contributed by atoms with Crippen LogP contribution < -0.4 is 4.90 Å². The van der Waals surface area contributed by atoms with Gasteiger partial charge in [0.2, 0.25) is 0 Å². The molecule has 2 saturated carbocycles. The predicted octanol–water partition coefficient (Wildman–Crippen LogP) is 5.37. The number of phenols is 1. The van der Waals surface area contributed by atoms with Crippen molar-refractivity contribution >= 4 is 11.8 Å². The molecule has 0 bridgehead atoms. The van der Waals surface area contributed by atoms with Gasteiger partial charge >= 0.3 is 0 Å². The molecule has 158 valence electrons. The number of benzene rings is 2. The summed E-state index contributed by atoms with van der Waals surface area (Å²) in [5.74, 6) is 2.10. The first kappa shape index (κ1) is 19.7. The van der Waals surface area contributed by atoms with Crippen LogP contribution in [0.2, 0.25) is 0 Å². The van der Waals surface area contributed by atoms with E-state index in [1.807, 2.05) is 12.1 Å². The lowest BCUT2D eigenvalue weighted by molar-refractivity contribution is -0.0158. The Hall–Kier alpha value is -2.26. The summed E-state index contributed by atoms with van der Waals surface area (Å²) >= 11 is 0. The molecule has 2 aromatic carbocycles. The molecule has 0 aliphatic heterocycles. The van der Waals surface area contributed by atoms with E-state index in [1.165, 1.54) is 34.4 Å². The molecule has 2 fully saturated rings. The largest absolute Gasteiger partial charge is 0.508 e. The molecular formula is C27H33NO2. The molecule has 2 N–H and O–H groups in total. The van der Waals surface area contributed by atoms with Crippen LogP contribution in [0.5, 0.6) is 5.75 Å². The van der Waals surface area contributed by atoms with Crippen LogP contribution in [0.25, 0.3) is 6.08 Å². The highest BCUT2D eigenvalue weighted by molar-refractivity contribution is 5.59. The van der Waals surface area contributed by atoms with E-state index in [1.54, 1.807) is 0 Å². The lowest BCUT2D eigenvalue weighted by Gasteiger charge is -2.49. The Balaban J connectivity index is 1.44. The van der Waals surface area contributed by atoms with Gasteiger partial charge in [0.25, 0.3) is 0 Å². The van der Waals surface area contributed by atoms with Crippen molar-refractivity contribution in [2.24, 2.45) is 17.3 Å². The summed E-state index contributed by atoms with van der Waals surface area (Å²) in [6.07, 6.45) is 7.30. The van der Waals surface area contributed by atoms with Crippen molar-refractivity contribution in [3.8, 4) is 5.75 Å². The van der Waals surface area contributed by atoms with Crippen LogP contribution in [0.4, 0.5) is 5.69 Å². The van der Waals surface area contributed by atoms with Crippen LogP contribution >= 0.6 is 0 Å². The van der Waals surface area contributed by atoms with E-state index in [9.17, 15) is 10.2 Å². The van der Waals surface area contributed by atoms with Gasteiger partial charge < -0.3 is 15.1 Å². The minimum Gasteiger partial charge on any atom is -0.508 e. The number of hydrogen-bond acceptors (Lipinski definition) is 3. The molecule has 0 amide bonds. The average molecular weight is 404 g/mol. The third kappa shape index (κ3) is 3.06. The predicted molar refractivity (Wildman–Crippen MR) is 123 cm³/mol. The highest BCUT2D eigenvalue weighted by atomic mass is 16.3. The first-order valence-corrected chi connectivity index (χ1v) is 11.3. The summed E-state index contributed by atoms with van der Waals surface area (Å²) in [6.45, 7) is 2.32. The number of aromatic hydroxyl groups is 1. The lowest BCUT2D eigenvalue weighted by atomic mass is 9.55. The second kappa shape index (κ2) is 7.16. The molecule has 0 spiro atoms. The van der Waals surface area contributed by atoms with Gasteiger partial charge in [-0.2, -0.15) is 0 Å². The molecule has 0 aromatic heterocycles. The van der Waals surface area contributed by atoms with Crippen LogP contribution in [0.3, 0.4) is 0 Å². The van der Waals surface area contributed by atoms with E-state index in [0.717, 1.165) is 25.7 Å². The Morgan fingerprint density at radius 2 is 1.83 bits per heavy atom. The summed E-state index contributed by atoms with van der Waals surface area (Å²) in [5, 5.41) is 21.2. The molecule has 0 radical (unpaired) electrons. The van der Waals surface area contributed by atoms with E-state index in [-0.39, 0.29) is 11.5 Å². The first-order chi connectivity index (χ1) is 14.4. The molecule has 5 unspecified atom stereocenters. The third-order valence-corrected chi connectivity index (χ3v) is 8.34. The van der Waals surface area contributed by atoms with Crippen LogP contribution in [0.15, 0.2) is 48.0 Å². The van der Waals surface area contributed by atoms with E-state index < -0.39 is 0 Å². The van der Waals surface area contributed by atoms with E-state index >= 15 is 0 Å². The first-order valence-electron chi connectivity index (χ1n) is 11.3. The van der Waals surface area contributed by atoms with E-state index in [0.29, 0.717) is 23.5 Å². The summed E-state index contributed by atoms with van der Waals surface area (Å²) < 4.78 is 0. The third-order valence-electron chi connectivity index (χ3n) is 8.34. The molecule has 0 heterocycles. The van der Waals surface area contributed by atoms with Gasteiger partial charge in [0.05, 0.1) is 6.10 Å². The lowest BCUT2D eigenvalue weighted by Crippen LogP contribution is -2.44. The number of hydrogen-bond donors (Lipinski definition) is 2. The van der Waals surface area contributed by atoms with Crippen LogP contribution in [0.1, 0.15) is 55.2 Å². The van der Waals surface area contributed by atoms with Gasteiger partial charge in [-0.05, 0) is 96.4 Å². The molecule has 3 aliphatic carbocycles. The zero-order valence-electron chi connectivity index (χ0n) is 18.3. The zero-order valence-corrected chi connectivity index (χ0v) is 18.3. The molecule has 5 rings (SSSR count). The number of phenolic OH excluding ortho intramolecular Hbond substituents is 1. The van der Waals surface area contributed by atoms with Crippen molar-refractivity contribution in [3.05, 3.63) is 64.7 Å². The van der Waals surface area contributed by atoms with Crippen LogP contribution in [0, 0.1) is 17.3 Å². The Bertz CT molecular complexity index is 977. The maximum atomic E-state index is 11.4. The van der Waals surface area contributed by atoms with Crippen molar-refractivity contribution in [3.63, 3.8) is 0 Å². The maximum absolute atomic E-state index is 11.4. The van der Waals surface area contributed by atoms with Crippen molar-refractivity contribution < 1.29 is 10.2 Å². The Morgan fingerprint density at radius 1 is 1.07 bits per heavy atom. The molecule has 2 aromatic rings. The Kier molecular flexibility index (Phi) is 4.70. The van der Waals surface area contributed by atoms with Crippen molar-refractivity contribution in [1.82, 2.24) is 0 Å². The monoisotopic (exact) mass is 403 g/mol. The molecular weight excluding hydrogens is 370 g/mol. The minimum absolute atomic E-state index is 0.0228. The number of fused-ring (bicyclic) bond motifs is 5. The summed E-state index contributed by atoms with van der Waals surface area (Å²) in [5.41, 5.74) is 6.33. The molecule has 3 heteroatoms. The van der Waals surface area contributed by atoms with Gasteiger partial charge in [-0.25, -0.2) is 0 Å².